The molecular weight excluding hydrogens is 227 g/mol. The molecule has 0 aliphatic carbocycles. The summed E-state index contributed by atoms with van der Waals surface area (Å²) < 4.78 is 13.2. The summed E-state index contributed by atoms with van der Waals surface area (Å²) in [6.07, 6.45) is 0. The van der Waals surface area contributed by atoms with Crippen LogP contribution in [0.5, 0.6) is 0 Å². The number of aromatic nitrogens is 1. The maximum absolute atomic E-state index is 13.2. The van der Waals surface area contributed by atoms with Crippen LogP contribution >= 0.6 is 0 Å². The van der Waals surface area contributed by atoms with Crippen molar-refractivity contribution < 1.29 is 4.39 Å². The van der Waals surface area contributed by atoms with E-state index in [1.807, 2.05) is 26.0 Å². The molecule has 0 aliphatic heterocycles. The van der Waals surface area contributed by atoms with Crippen molar-refractivity contribution in [2.45, 2.75) is 26.8 Å². The highest BCUT2D eigenvalue weighted by molar-refractivity contribution is 5.35. The van der Waals surface area contributed by atoms with Crippen LogP contribution in [-0.4, -0.2) is 4.98 Å². The van der Waals surface area contributed by atoms with Crippen LogP contribution < -0.4 is 5.73 Å². The van der Waals surface area contributed by atoms with Gasteiger partial charge in [-0.15, -0.1) is 0 Å². The van der Waals surface area contributed by atoms with Crippen LogP contribution in [0.1, 0.15) is 34.1 Å². The predicted octanol–water partition coefficient (Wildman–Crippen LogP) is 3.19. The summed E-state index contributed by atoms with van der Waals surface area (Å²) in [7, 11) is 0. The number of nitrogens with two attached hydrogens (primary N) is 1. The van der Waals surface area contributed by atoms with Crippen molar-refractivity contribution >= 4 is 0 Å². The second kappa shape index (κ2) is 4.86. The molecule has 2 rings (SSSR count). The molecule has 1 aromatic heterocycles. The van der Waals surface area contributed by atoms with E-state index in [-0.39, 0.29) is 11.9 Å². The molecule has 1 atom stereocenters. The number of hydrogen-bond donors (Lipinski definition) is 1. The number of nitrogens with zero attached hydrogens (tertiary/aromatic N) is 1. The summed E-state index contributed by atoms with van der Waals surface area (Å²) in [5.41, 5.74) is 10.6. The Morgan fingerprint density at radius 1 is 1.00 bits per heavy atom. The summed E-state index contributed by atoms with van der Waals surface area (Å²) in [5, 5.41) is 0. The van der Waals surface area contributed by atoms with E-state index in [2.05, 4.69) is 4.98 Å². The predicted molar refractivity (Wildman–Crippen MR) is 70.9 cm³/mol. The highest BCUT2D eigenvalue weighted by atomic mass is 19.1. The van der Waals surface area contributed by atoms with Crippen molar-refractivity contribution in [2.24, 2.45) is 5.73 Å². The van der Waals surface area contributed by atoms with Gasteiger partial charge in [0.2, 0.25) is 0 Å². The number of hydrogen-bond acceptors (Lipinski definition) is 2. The third kappa shape index (κ3) is 2.57. The number of halogens is 1. The van der Waals surface area contributed by atoms with Crippen molar-refractivity contribution in [2.75, 3.05) is 0 Å². The van der Waals surface area contributed by atoms with Crippen LogP contribution in [0, 0.1) is 26.6 Å². The SMILES string of the molecule is Cc1cc(C(N)c2ccc(F)c(C)c2)cc(C)n1. The van der Waals surface area contributed by atoms with Gasteiger partial charge >= 0.3 is 0 Å². The molecule has 1 aromatic carbocycles. The second-order valence-electron chi connectivity index (χ2n) is 4.67. The van der Waals surface area contributed by atoms with Gasteiger partial charge in [0.25, 0.3) is 0 Å². The fourth-order valence-electron chi connectivity index (χ4n) is 2.10. The van der Waals surface area contributed by atoms with E-state index in [0.29, 0.717) is 5.56 Å². The normalized spacial score (nSPS) is 12.5. The lowest BCUT2D eigenvalue weighted by atomic mass is 9.97. The van der Waals surface area contributed by atoms with E-state index in [1.54, 1.807) is 19.1 Å². The van der Waals surface area contributed by atoms with Crippen LogP contribution in [0.3, 0.4) is 0 Å². The average Bonchev–Trinajstić information content (AvgIpc) is 2.30. The summed E-state index contributed by atoms with van der Waals surface area (Å²) >= 11 is 0. The minimum Gasteiger partial charge on any atom is -0.320 e. The second-order valence-corrected chi connectivity index (χ2v) is 4.67. The number of pyridine rings is 1. The molecular formula is C15H17FN2. The quantitative estimate of drug-likeness (QED) is 0.881. The van der Waals surface area contributed by atoms with E-state index in [4.69, 9.17) is 5.73 Å². The first kappa shape index (κ1) is 12.7. The van der Waals surface area contributed by atoms with E-state index in [9.17, 15) is 4.39 Å². The Morgan fingerprint density at radius 2 is 1.61 bits per heavy atom. The van der Waals surface area contributed by atoms with Crippen LogP contribution in [0.2, 0.25) is 0 Å². The van der Waals surface area contributed by atoms with Crippen LogP contribution in [-0.2, 0) is 0 Å². The largest absolute Gasteiger partial charge is 0.320 e. The molecule has 94 valence electrons. The minimum atomic E-state index is -0.246. The molecule has 0 spiro atoms. The fraction of sp³-hybridized carbons (Fsp3) is 0.267. The molecule has 0 amide bonds. The van der Waals surface area contributed by atoms with E-state index in [1.165, 1.54) is 6.07 Å². The van der Waals surface area contributed by atoms with E-state index < -0.39 is 0 Å². The summed E-state index contributed by atoms with van der Waals surface area (Å²) in [5.74, 6) is -0.201. The Morgan fingerprint density at radius 3 is 2.17 bits per heavy atom. The molecule has 0 radical (unpaired) electrons. The summed E-state index contributed by atoms with van der Waals surface area (Å²) in [6, 6.07) is 8.69. The van der Waals surface area contributed by atoms with Gasteiger partial charge in [0.1, 0.15) is 5.82 Å². The topological polar surface area (TPSA) is 38.9 Å². The smallest absolute Gasteiger partial charge is 0.126 e. The van der Waals surface area contributed by atoms with Crippen molar-refractivity contribution in [3.63, 3.8) is 0 Å². The van der Waals surface area contributed by atoms with Crippen molar-refractivity contribution in [1.82, 2.24) is 4.98 Å². The van der Waals surface area contributed by atoms with Crippen molar-refractivity contribution in [3.8, 4) is 0 Å². The molecule has 0 bridgehead atoms. The maximum atomic E-state index is 13.2. The van der Waals surface area contributed by atoms with Crippen molar-refractivity contribution in [3.05, 3.63) is 64.2 Å². The van der Waals surface area contributed by atoms with Gasteiger partial charge in [0.15, 0.2) is 0 Å². The molecule has 0 saturated carbocycles. The molecule has 1 unspecified atom stereocenters. The molecule has 2 N–H and O–H groups in total. The van der Waals surface area contributed by atoms with E-state index >= 15 is 0 Å². The van der Waals surface area contributed by atoms with Crippen LogP contribution in [0.4, 0.5) is 4.39 Å². The molecule has 18 heavy (non-hydrogen) atoms. The van der Waals surface area contributed by atoms with Gasteiger partial charge in [0.05, 0.1) is 6.04 Å². The molecule has 0 saturated heterocycles. The molecule has 2 aromatic rings. The summed E-state index contributed by atoms with van der Waals surface area (Å²) in [6.45, 7) is 5.63. The zero-order chi connectivity index (χ0) is 13.3. The Bertz CT molecular complexity index is 558. The number of benzene rings is 1. The maximum Gasteiger partial charge on any atom is 0.126 e. The van der Waals surface area contributed by atoms with Gasteiger partial charge < -0.3 is 5.73 Å². The molecule has 2 nitrogen and oxygen atoms in total. The third-order valence-electron chi connectivity index (χ3n) is 3.00. The lowest BCUT2D eigenvalue weighted by Gasteiger charge is -2.14. The van der Waals surface area contributed by atoms with Gasteiger partial charge in [-0.25, -0.2) is 4.39 Å². The van der Waals surface area contributed by atoms with Crippen molar-refractivity contribution in [1.29, 1.82) is 0 Å². The van der Waals surface area contributed by atoms with E-state index in [0.717, 1.165) is 22.5 Å². The Kier molecular flexibility index (Phi) is 3.43. The lowest BCUT2D eigenvalue weighted by Crippen LogP contribution is -2.13. The van der Waals surface area contributed by atoms with Crippen LogP contribution in [0.15, 0.2) is 30.3 Å². The number of rotatable bonds is 2. The number of aryl methyl sites for hydroxylation is 3. The highest BCUT2D eigenvalue weighted by Crippen LogP contribution is 2.22. The van der Waals surface area contributed by atoms with Gasteiger partial charge in [-0.3, -0.25) is 4.98 Å². The first-order valence-electron chi connectivity index (χ1n) is 5.94. The third-order valence-corrected chi connectivity index (χ3v) is 3.00. The molecule has 0 aliphatic rings. The lowest BCUT2D eigenvalue weighted by molar-refractivity contribution is 0.617. The Hall–Kier alpha value is -1.74. The highest BCUT2D eigenvalue weighted by Gasteiger charge is 2.11. The van der Waals surface area contributed by atoms with Crippen LogP contribution in [0.25, 0.3) is 0 Å². The van der Waals surface area contributed by atoms with Gasteiger partial charge in [-0.05, 0) is 55.7 Å². The summed E-state index contributed by atoms with van der Waals surface area (Å²) in [4.78, 5) is 4.33. The Labute approximate surface area is 107 Å². The standard InChI is InChI=1S/C15H17FN2/c1-9-6-12(4-5-14(9)16)15(17)13-7-10(2)18-11(3)8-13/h4-8,15H,17H2,1-3H3. The van der Waals surface area contributed by atoms with Gasteiger partial charge in [-0.1, -0.05) is 12.1 Å². The van der Waals surface area contributed by atoms with Gasteiger partial charge in [-0.2, -0.15) is 0 Å². The molecule has 1 heterocycles. The zero-order valence-electron chi connectivity index (χ0n) is 10.9. The first-order valence-corrected chi connectivity index (χ1v) is 5.94. The molecule has 0 fully saturated rings. The monoisotopic (exact) mass is 244 g/mol. The first-order chi connectivity index (χ1) is 8.47. The fourth-order valence-corrected chi connectivity index (χ4v) is 2.10. The van der Waals surface area contributed by atoms with Gasteiger partial charge in [0, 0.05) is 11.4 Å². The average molecular weight is 244 g/mol. The minimum absolute atomic E-state index is 0.201. The zero-order valence-corrected chi connectivity index (χ0v) is 10.9. The molecule has 3 heteroatoms. The Balaban J connectivity index is 2.40.